The van der Waals surface area contributed by atoms with E-state index < -0.39 is 0 Å². The largest absolute Gasteiger partial charge is 0.398 e. The number of nitrogens with two attached hydrogens (primary N) is 1. The maximum atomic E-state index is 6.42. The second-order valence-electron chi connectivity index (χ2n) is 9.92. The Morgan fingerprint density at radius 2 is 2.00 bits per heavy atom. The molecule has 5 heteroatoms. The van der Waals surface area contributed by atoms with Crippen LogP contribution in [0.2, 0.25) is 0 Å². The lowest BCUT2D eigenvalue weighted by Crippen LogP contribution is -2.22. The summed E-state index contributed by atoms with van der Waals surface area (Å²) in [5, 5.41) is 8.80. The second kappa shape index (κ2) is 10.4. The number of H-pyrrole nitrogens is 1. The van der Waals surface area contributed by atoms with Crippen molar-refractivity contribution in [2.45, 2.75) is 34.1 Å². The molecule has 1 aromatic carbocycles. The zero-order valence-electron chi connectivity index (χ0n) is 21.5. The number of aromatic nitrogens is 2. The predicted octanol–water partition coefficient (Wildman–Crippen LogP) is 8.09. The van der Waals surface area contributed by atoms with E-state index in [1.807, 2.05) is 25.3 Å². The molecule has 0 saturated heterocycles. The average Bonchev–Trinajstić information content (AvgIpc) is 3.52. The maximum absolute atomic E-state index is 6.42. The summed E-state index contributed by atoms with van der Waals surface area (Å²) in [6.07, 6.45) is 8.56. The molecule has 36 heavy (non-hydrogen) atoms. The Bertz CT molecular complexity index is 1460. The quantitative estimate of drug-likeness (QED) is 0.171. The van der Waals surface area contributed by atoms with Gasteiger partial charge in [0.05, 0.1) is 0 Å². The van der Waals surface area contributed by atoms with Gasteiger partial charge in [0.25, 0.3) is 0 Å². The minimum Gasteiger partial charge on any atom is -0.398 e. The minimum absolute atomic E-state index is 0.0513. The summed E-state index contributed by atoms with van der Waals surface area (Å²) in [6, 6.07) is 12.6. The Kier molecular flexibility index (Phi) is 7.32. The van der Waals surface area contributed by atoms with E-state index in [0.717, 1.165) is 50.5 Å². The minimum atomic E-state index is -0.0513. The molecular weight excluding hydrogens is 460 g/mol. The van der Waals surface area contributed by atoms with Crippen LogP contribution in [0, 0.1) is 5.41 Å². The van der Waals surface area contributed by atoms with E-state index in [1.54, 1.807) is 11.3 Å². The molecule has 0 amide bonds. The molecule has 4 N–H and O–H groups in total. The van der Waals surface area contributed by atoms with E-state index >= 15 is 0 Å². The van der Waals surface area contributed by atoms with Gasteiger partial charge in [0.2, 0.25) is 0 Å². The van der Waals surface area contributed by atoms with E-state index in [4.69, 9.17) is 5.73 Å². The standard InChI is InChI=1S/C31H34N4S/c1-7-21(16-25(8-2)34-20(3)31(4,5)6)22-9-10-29(32)24(15-22)17-26-18-28-27(23-12-14-36-19-23)11-13-33-30(28)35-26/h7-16,18-19,34H,2-3,17,32H2,1,4-6H3,(H,33,35)/b21-7+,25-16+. The summed E-state index contributed by atoms with van der Waals surface area (Å²) in [6.45, 7) is 16.6. The lowest BCUT2D eigenvalue weighted by Gasteiger charge is -2.24. The first-order chi connectivity index (χ1) is 17.2. The first-order valence-corrected chi connectivity index (χ1v) is 13.0. The van der Waals surface area contributed by atoms with Crippen LogP contribution >= 0.6 is 11.3 Å². The van der Waals surface area contributed by atoms with E-state index in [2.05, 4.69) is 102 Å². The van der Waals surface area contributed by atoms with Crippen LogP contribution in [-0.4, -0.2) is 9.97 Å². The molecule has 0 bridgehead atoms. The Labute approximate surface area is 218 Å². The molecule has 4 nitrogen and oxygen atoms in total. The molecule has 4 aromatic rings. The maximum Gasteiger partial charge on any atom is 0.138 e. The van der Waals surface area contributed by atoms with E-state index in [9.17, 15) is 0 Å². The number of aromatic amines is 1. The highest BCUT2D eigenvalue weighted by Crippen LogP contribution is 2.31. The average molecular weight is 495 g/mol. The molecule has 0 aliphatic rings. The van der Waals surface area contributed by atoms with Gasteiger partial charge in [0.1, 0.15) is 5.65 Å². The Morgan fingerprint density at radius 3 is 2.67 bits per heavy atom. The highest BCUT2D eigenvalue weighted by molar-refractivity contribution is 7.08. The van der Waals surface area contributed by atoms with Gasteiger partial charge in [-0.3, -0.25) is 0 Å². The third-order valence-electron chi connectivity index (χ3n) is 6.32. The topological polar surface area (TPSA) is 66.7 Å². The van der Waals surface area contributed by atoms with Crippen molar-refractivity contribution in [3.05, 3.63) is 113 Å². The van der Waals surface area contributed by atoms with Crippen LogP contribution in [-0.2, 0) is 6.42 Å². The molecule has 0 unspecified atom stereocenters. The van der Waals surface area contributed by atoms with Gasteiger partial charge in [-0.25, -0.2) is 4.98 Å². The van der Waals surface area contributed by atoms with Gasteiger partial charge >= 0.3 is 0 Å². The summed E-state index contributed by atoms with van der Waals surface area (Å²) in [4.78, 5) is 8.05. The van der Waals surface area contributed by atoms with Gasteiger partial charge in [0, 0.05) is 46.2 Å². The fourth-order valence-corrected chi connectivity index (χ4v) is 4.65. The van der Waals surface area contributed by atoms with Crippen LogP contribution in [0.1, 0.15) is 44.5 Å². The normalized spacial score (nSPS) is 12.7. The fraction of sp³-hybridized carbons (Fsp3) is 0.194. The molecule has 0 radical (unpaired) electrons. The predicted molar refractivity (Wildman–Crippen MR) is 157 cm³/mol. The molecule has 184 valence electrons. The van der Waals surface area contributed by atoms with Crippen molar-refractivity contribution in [3.8, 4) is 11.1 Å². The van der Waals surface area contributed by atoms with Crippen molar-refractivity contribution in [2.75, 3.05) is 5.73 Å². The first kappa shape index (κ1) is 25.3. The second-order valence-corrected chi connectivity index (χ2v) is 10.7. The number of benzene rings is 1. The molecular formula is C31H34N4S. The van der Waals surface area contributed by atoms with Gasteiger partial charge in [-0.15, -0.1) is 0 Å². The molecule has 3 aromatic heterocycles. The number of thiophene rings is 1. The van der Waals surface area contributed by atoms with E-state index in [0.29, 0.717) is 6.42 Å². The number of hydrogen-bond acceptors (Lipinski definition) is 4. The summed E-state index contributed by atoms with van der Waals surface area (Å²) in [5.74, 6) is 0. The number of nitrogens with zero attached hydrogens (tertiary/aromatic N) is 1. The number of allylic oxidation sites excluding steroid dienone is 5. The van der Waals surface area contributed by atoms with Crippen molar-refractivity contribution in [1.29, 1.82) is 0 Å². The van der Waals surface area contributed by atoms with Crippen LogP contribution in [0.5, 0.6) is 0 Å². The molecule has 0 spiro atoms. The lowest BCUT2D eigenvalue weighted by molar-refractivity contribution is 0.478. The summed E-state index contributed by atoms with van der Waals surface area (Å²) in [7, 11) is 0. The Hall–Kier alpha value is -3.83. The number of nitrogens with one attached hydrogen (secondary N) is 2. The third-order valence-corrected chi connectivity index (χ3v) is 7.00. The lowest BCUT2D eigenvalue weighted by atomic mass is 9.92. The zero-order chi connectivity index (χ0) is 25.9. The molecule has 4 rings (SSSR count). The molecule has 3 heterocycles. The van der Waals surface area contributed by atoms with Crippen molar-refractivity contribution in [3.63, 3.8) is 0 Å². The van der Waals surface area contributed by atoms with Crippen molar-refractivity contribution < 1.29 is 0 Å². The number of nitrogen functional groups attached to an aromatic ring is 1. The number of anilines is 1. The van der Waals surface area contributed by atoms with Gasteiger partial charge < -0.3 is 16.0 Å². The Balaban J connectivity index is 1.63. The summed E-state index contributed by atoms with van der Waals surface area (Å²) in [5.41, 5.74) is 16.6. The SMILES string of the molecule is C=C/C(=C\C(=C/C)c1ccc(N)c(Cc2cc3c(-c4ccsc4)ccnc3[nH]2)c1)NC(=C)C(C)(C)C. The van der Waals surface area contributed by atoms with Crippen LogP contribution in [0.15, 0.2) is 96.1 Å². The van der Waals surface area contributed by atoms with Crippen molar-refractivity contribution in [2.24, 2.45) is 5.41 Å². The number of hydrogen-bond donors (Lipinski definition) is 3. The van der Waals surface area contributed by atoms with Crippen LogP contribution < -0.4 is 11.1 Å². The summed E-state index contributed by atoms with van der Waals surface area (Å²) < 4.78 is 0. The highest BCUT2D eigenvalue weighted by Gasteiger charge is 2.15. The molecule has 0 saturated carbocycles. The third kappa shape index (κ3) is 5.52. The van der Waals surface area contributed by atoms with Crippen molar-refractivity contribution >= 4 is 33.6 Å². The van der Waals surface area contributed by atoms with Gasteiger partial charge in [-0.1, -0.05) is 46.1 Å². The molecule has 0 aliphatic heterocycles. The molecule has 0 fully saturated rings. The highest BCUT2D eigenvalue weighted by atomic mass is 32.1. The summed E-state index contributed by atoms with van der Waals surface area (Å²) >= 11 is 1.70. The van der Waals surface area contributed by atoms with Crippen LogP contribution in [0.4, 0.5) is 5.69 Å². The number of pyridine rings is 1. The van der Waals surface area contributed by atoms with Gasteiger partial charge in [0.15, 0.2) is 0 Å². The zero-order valence-corrected chi connectivity index (χ0v) is 22.3. The number of rotatable bonds is 8. The monoisotopic (exact) mass is 494 g/mol. The van der Waals surface area contributed by atoms with E-state index in [1.165, 1.54) is 11.1 Å². The van der Waals surface area contributed by atoms with E-state index in [-0.39, 0.29) is 5.41 Å². The Morgan fingerprint density at radius 1 is 1.19 bits per heavy atom. The van der Waals surface area contributed by atoms with Gasteiger partial charge in [-0.05, 0) is 88.0 Å². The fourth-order valence-electron chi connectivity index (χ4n) is 4.00. The van der Waals surface area contributed by atoms with Crippen molar-refractivity contribution in [1.82, 2.24) is 15.3 Å². The first-order valence-electron chi connectivity index (χ1n) is 12.0. The molecule has 0 atom stereocenters. The smallest absolute Gasteiger partial charge is 0.138 e. The number of fused-ring (bicyclic) bond motifs is 1. The van der Waals surface area contributed by atoms with Gasteiger partial charge in [-0.2, -0.15) is 11.3 Å². The molecule has 0 aliphatic carbocycles. The van der Waals surface area contributed by atoms with Crippen LogP contribution in [0.25, 0.3) is 27.7 Å². The van der Waals surface area contributed by atoms with Crippen LogP contribution in [0.3, 0.4) is 0 Å².